The molecular formula is C27H27N3O. The zero-order valence-electron chi connectivity index (χ0n) is 18.2. The Labute approximate surface area is 182 Å². The largest absolute Gasteiger partial charge is 0.356 e. The molecule has 0 bridgehead atoms. The Balaban J connectivity index is 1.58. The molecule has 0 spiro atoms. The van der Waals surface area contributed by atoms with E-state index in [9.17, 15) is 4.79 Å². The molecule has 0 saturated carbocycles. The SMILES string of the molecule is Cc1ccc(C2c3[nH]c4ccccc4c3CCN2C(=O)Nc2cccc(C)c2C)cc1. The van der Waals surface area contributed by atoms with Gasteiger partial charge in [-0.25, -0.2) is 4.79 Å². The third kappa shape index (κ3) is 3.38. The molecule has 1 aliphatic rings. The number of aryl methyl sites for hydroxylation is 2. The minimum atomic E-state index is -0.151. The third-order valence-electron chi connectivity index (χ3n) is 6.53. The van der Waals surface area contributed by atoms with Crippen LogP contribution < -0.4 is 5.32 Å². The standard InChI is InChI=1S/C27H27N3O/c1-17-11-13-20(14-12-17)26-25-22(21-8-4-5-9-24(21)28-25)15-16-30(26)27(31)29-23-10-6-7-18(2)19(23)3/h4-14,26,28H,15-16H2,1-3H3,(H,29,31). The molecule has 3 aromatic carbocycles. The van der Waals surface area contributed by atoms with Crippen LogP contribution in [0.3, 0.4) is 0 Å². The van der Waals surface area contributed by atoms with E-state index >= 15 is 0 Å². The average molecular weight is 410 g/mol. The Morgan fingerprint density at radius 1 is 0.968 bits per heavy atom. The molecule has 1 unspecified atom stereocenters. The molecule has 31 heavy (non-hydrogen) atoms. The predicted molar refractivity (Wildman–Crippen MR) is 127 cm³/mol. The zero-order chi connectivity index (χ0) is 21.5. The van der Waals surface area contributed by atoms with Crippen molar-refractivity contribution in [1.29, 1.82) is 0 Å². The molecule has 1 atom stereocenters. The highest BCUT2D eigenvalue weighted by Gasteiger charge is 2.34. The van der Waals surface area contributed by atoms with E-state index < -0.39 is 0 Å². The van der Waals surface area contributed by atoms with Gasteiger partial charge in [-0.05, 0) is 61.6 Å². The number of aromatic amines is 1. The number of benzene rings is 3. The van der Waals surface area contributed by atoms with E-state index in [1.807, 2.05) is 17.0 Å². The van der Waals surface area contributed by atoms with Gasteiger partial charge in [0.1, 0.15) is 0 Å². The second kappa shape index (κ2) is 7.62. The number of carbonyl (C=O) groups excluding carboxylic acids is 1. The quantitative estimate of drug-likeness (QED) is 0.402. The van der Waals surface area contributed by atoms with Crippen molar-refractivity contribution in [1.82, 2.24) is 9.88 Å². The zero-order valence-corrected chi connectivity index (χ0v) is 18.2. The monoisotopic (exact) mass is 409 g/mol. The van der Waals surface area contributed by atoms with Crippen LogP contribution in [0.5, 0.6) is 0 Å². The number of amides is 2. The summed E-state index contributed by atoms with van der Waals surface area (Å²) in [6, 6.07) is 22.7. The maximum absolute atomic E-state index is 13.5. The topological polar surface area (TPSA) is 48.1 Å². The molecule has 1 aliphatic heterocycles. The van der Waals surface area contributed by atoms with Crippen LogP contribution in [0.1, 0.15) is 39.6 Å². The van der Waals surface area contributed by atoms with Crippen molar-refractivity contribution in [3.63, 3.8) is 0 Å². The summed E-state index contributed by atoms with van der Waals surface area (Å²) in [6.45, 7) is 6.88. The number of hydrogen-bond donors (Lipinski definition) is 2. The van der Waals surface area contributed by atoms with Crippen LogP contribution in [-0.4, -0.2) is 22.5 Å². The Morgan fingerprint density at radius 2 is 1.74 bits per heavy atom. The summed E-state index contributed by atoms with van der Waals surface area (Å²) in [4.78, 5) is 19.1. The lowest BCUT2D eigenvalue weighted by Gasteiger charge is -2.36. The molecule has 0 radical (unpaired) electrons. The first-order valence-corrected chi connectivity index (χ1v) is 10.8. The van der Waals surface area contributed by atoms with Crippen LogP contribution in [0.15, 0.2) is 66.7 Å². The number of urea groups is 1. The summed E-state index contributed by atoms with van der Waals surface area (Å²) in [5, 5.41) is 4.42. The molecule has 0 aliphatic carbocycles. The molecule has 0 fully saturated rings. The molecule has 0 saturated heterocycles. The molecule has 5 rings (SSSR count). The molecule has 4 nitrogen and oxygen atoms in total. The summed E-state index contributed by atoms with van der Waals surface area (Å²) in [7, 11) is 0. The Hall–Kier alpha value is -3.53. The lowest BCUT2D eigenvalue weighted by molar-refractivity contribution is 0.193. The predicted octanol–water partition coefficient (Wildman–Crippen LogP) is 6.27. The van der Waals surface area contributed by atoms with E-state index in [1.165, 1.54) is 22.1 Å². The number of carbonyl (C=O) groups is 1. The molecule has 4 heteroatoms. The van der Waals surface area contributed by atoms with Gasteiger partial charge in [-0.1, -0.05) is 60.2 Å². The number of aromatic nitrogens is 1. The lowest BCUT2D eigenvalue weighted by Crippen LogP contribution is -2.43. The minimum absolute atomic E-state index is 0.0661. The van der Waals surface area contributed by atoms with E-state index in [4.69, 9.17) is 0 Å². The van der Waals surface area contributed by atoms with Gasteiger partial charge in [0, 0.05) is 28.8 Å². The van der Waals surface area contributed by atoms with Crippen molar-refractivity contribution in [3.05, 3.63) is 100 Å². The van der Waals surface area contributed by atoms with Gasteiger partial charge in [-0.3, -0.25) is 0 Å². The van der Waals surface area contributed by atoms with Crippen LogP contribution in [0.25, 0.3) is 10.9 Å². The van der Waals surface area contributed by atoms with Gasteiger partial charge < -0.3 is 15.2 Å². The summed E-state index contributed by atoms with van der Waals surface area (Å²) >= 11 is 0. The number of para-hydroxylation sites is 1. The van der Waals surface area contributed by atoms with Gasteiger partial charge in [-0.2, -0.15) is 0 Å². The van der Waals surface area contributed by atoms with Crippen LogP contribution >= 0.6 is 0 Å². The minimum Gasteiger partial charge on any atom is -0.356 e. The van der Waals surface area contributed by atoms with E-state index in [0.717, 1.165) is 34.4 Å². The van der Waals surface area contributed by atoms with Gasteiger partial charge in [0.25, 0.3) is 0 Å². The van der Waals surface area contributed by atoms with E-state index in [1.54, 1.807) is 0 Å². The van der Waals surface area contributed by atoms with Gasteiger partial charge in [0.15, 0.2) is 0 Å². The van der Waals surface area contributed by atoms with Gasteiger partial charge >= 0.3 is 6.03 Å². The fourth-order valence-electron chi connectivity index (χ4n) is 4.63. The fourth-order valence-corrected chi connectivity index (χ4v) is 4.63. The van der Waals surface area contributed by atoms with Crippen LogP contribution in [0.2, 0.25) is 0 Å². The first kappa shape index (κ1) is 19.4. The third-order valence-corrected chi connectivity index (χ3v) is 6.53. The van der Waals surface area contributed by atoms with Crippen LogP contribution in [0.4, 0.5) is 10.5 Å². The highest BCUT2D eigenvalue weighted by Crippen LogP contribution is 2.38. The van der Waals surface area contributed by atoms with E-state index in [-0.39, 0.29) is 12.1 Å². The van der Waals surface area contributed by atoms with Crippen molar-refractivity contribution in [3.8, 4) is 0 Å². The molecule has 1 aromatic heterocycles. The number of H-pyrrole nitrogens is 1. The summed E-state index contributed by atoms with van der Waals surface area (Å²) in [6.07, 6.45) is 0.835. The number of hydrogen-bond acceptors (Lipinski definition) is 1. The van der Waals surface area contributed by atoms with Crippen molar-refractivity contribution in [2.24, 2.45) is 0 Å². The van der Waals surface area contributed by atoms with Gasteiger partial charge in [0.2, 0.25) is 0 Å². The molecule has 2 amide bonds. The maximum Gasteiger partial charge on any atom is 0.322 e. The van der Waals surface area contributed by atoms with Crippen LogP contribution in [-0.2, 0) is 6.42 Å². The number of nitrogens with one attached hydrogen (secondary N) is 2. The molecule has 2 N–H and O–H groups in total. The first-order chi connectivity index (χ1) is 15.0. The first-order valence-electron chi connectivity index (χ1n) is 10.8. The highest BCUT2D eigenvalue weighted by molar-refractivity contribution is 5.92. The van der Waals surface area contributed by atoms with Crippen molar-refractivity contribution < 1.29 is 4.79 Å². The fraction of sp³-hybridized carbons (Fsp3) is 0.222. The summed E-state index contributed by atoms with van der Waals surface area (Å²) in [5.41, 5.74) is 9.04. The second-order valence-electron chi connectivity index (χ2n) is 8.50. The Bertz CT molecular complexity index is 1270. The molecule has 156 valence electrons. The van der Waals surface area contributed by atoms with Crippen LogP contribution in [0, 0.1) is 20.8 Å². The highest BCUT2D eigenvalue weighted by atomic mass is 16.2. The number of anilines is 1. The second-order valence-corrected chi connectivity index (χ2v) is 8.50. The molecule has 2 heterocycles. The average Bonchev–Trinajstić information content (AvgIpc) is 3.15. The van der Waals surface area contributed by atoms with Gasteiger partial charge in [-0.15, -0.1) is 0 Å². The smallest absolute Gasteiger partial charge is 0.322 e. The van der Waals surface area contributed by atoms with Crippen molar-refractivity contribution in [2.75, 3.05) is 11.9 Å². The van der Waals surface area contributed by atoms with E-state index in [2.05, 4.69) is 85.7 Å². The molecular weight excluding hydrogens is 382 g/mol. The Kier molecular flexibility index (Phi) is 4.78. The molecule has 4 aromatic rings. The number of nitrogens with zero attached hydrogens (tertiary/aromatic N) is 1. The summed E-state index contributed by atoms with van der Waals surface area (Å²) in [5.74, 6) is 0. The van der Waals surface area contributed by atoms with Crippen molar-refractivity contribution in [2.45, 2.75) is 33.2 Å². The summed E-state index contributed by atoms with van der Waals surface area (Å²) < 4.78 is 0. The number of rotatable bonds is 2. The lowest BCUT2D eigenvalue weighted by atomic mass is 9.92. The Morgan fingerprint density at radius 3 is 2.55 bits per heavy atom. The van der Waals surface area contributed by atoms with Gasteiger partial charge in [0.05, 0.1) is 6.04 Å². The maximum atomic E-state index is 13.5. The normalized spacial score (nSPS) is 15.7. The number of fused-ring (bicyclic) bond motifs is 3. The van der Waals surface area contributed by atoms with E-state index in [0.29, 0.717) is 6.54 Å². The van der Waals surface area contributed by atoms with Crippen molar-refractivity contribution >= 4 is 22.6 Å².